The molecule has 3 aliphatic rings. The molecule has 1 aromatic heterocycles. The first-order valence-corrected chi connectivity index (χ1v) is 13.5. The van der Waals surface area contributed by atoms with Crippen LogP contribution in [0.5, 0.6) is 0 Å². The standard InChI is InChI=1S/C25H34N2.C6H12/c1-18-11-15-27(16-12-18)23-8-6-7-22(26-23)19-9-10-20-21(17-19)25(4,5)14-13-24(20,2)3;1-6-4-2-3-5-6/h6-10,17-18H,11-16H2,1-5H3;6H,2-5H2,1H3. The number of pyridine rings is 1. The van der Waals surface area contributed by atoms with Crippen LogP contribution in [0.3, 0.4) is 0 Å². The summed E-state index contributed by atoms with van der Waals surface area (Å²) in [6, 6.07) is 13.6. The second-order valence-electron chi connectivity index (χ2n) is 12.5. The summed E-state index contributed by atoms with van der Waals surface area (Å²) < 4.78 is 0. The lowest BCUT2D eigenvalue weighted by Crippen LogP contribution is -2.34. The molecule has 2 fully saturated rings. The highest BCUT2D eigenvalue weighted by Gasteiger charge is 2.37. The van der Waals surface area contributed by atoms with Crippen LogP contribution in [-0.4, -0.2) is 18.1 Å². The van der Waals surface area contributed by atoms with E-state index in [0.29, 0.717) is 0 Å². The highest BCUT2D eigenvalue weighted by molar-refractivity contribution is 5.65. The maximum atomic E-state index is 5.05. The molecule has 1 aromatic carbocycles. The van der Waals surface area contributed by atoms with Gasteiger partial charge in [0.2, 0.25) is 0 Å². The highest BCUT2D eigenvalue weighted by Crippen LogP contribution is 2.46. The van der Waals surface area contributed by atoms with Gasteiger partial charge < -0.3 is 4.90 Å². The maximum Gasteiger partial charge on any atom is 0.129 e. The third-order valence-corrected chi connectivity index (χ3v) is 8.63. The molecule has 1 saturated carbocycles. The van der Waals surface area contributed by atoms with Crippen molar-refractivity contribution in [1.82, 2.24) is 4.98 Å². The van der Waals surface area contributed by atoms with E-state index in [1.807, 2.05) is 0 Å². The molecular weight excluding hydrogens is 400 g/mol. The van der Waals surface area contributed by atoms with Crippen LogP contribution in [0.15, 0.2) is 36.4 Å². The molecule has 2 aromatic rings. The minimum absolute atomic E-state index is 0.238. The summed E-state index contributed by atoms with van der Waals surface area (Å²) in [5.41, 5.74) is 5.89. The molecule has 2 heteroatoms. The van der Waals surface area contributed by atoms with Crippen molar-refractivity contribution in [2.75, 3.05) is 18.0 Å². The summed E-state index contributed by atoms with van der Waals surface area (Å²) in [4.78, 5) is 7.50. The Morgan fingerprint density at radius 2 is 1.36 bits per heavy atom. The number of hydrogen-bond acceptors (Lipinski definition) is 2. The average Bonchev–Trinajstić information content (AvgIpc) is 3.29. The van der Waals surface area contributed by atoms with E-state index in [2.05, 4.69) is 82.8 Å². The summed E-state index contributed by atoms with van der Waals surface area (Å²) in [5.74, 6) is 3.03. The lowest BCUT2D eigenvalue weighted by molar-refractivity contribution is 0.332. The van der Waals surface area contributed by atoms with Gasteiger partial charge in [0.1, 0.15) is 5.82 Å². The van der Waals surface area contributed by atoms with Crippen LogP contribution in [-0.2, 0) is 10.8 Å². The smallest absolute Gasteiger partial charge is 0.129 e. The minimum Gasteiger partial charge on any atom is -0.357 e. The average molecular weight is 447 g/mol. The summed E-state index contributed by atoms with van der Waals surface area (Å²) in [6.45, 7) is 16.5. The Hall–Kier alpha value is -1.83. The van der Waals surface area contributed by atoms with E-state index in [0.717, 1.165) is 36.4 Å². The van der Waals surface area contributed by atoms with E-state index in [9.17, 15) is 0 Å². The third-order valence-electron chi connectivity index (χ3n) is 8.63. The van der Waals surface area contributed by atoms with Gasteiger partial charge in [0.05, 0.1) is 5.69 Å². The van der Waals surface area contributed by atoms with Crippen molar-refractivity contribution in [1.29, 1.82) is 0 Å². The first kappa shape index (κ1) is 24.3. The predicted octanol–water partition coefficient (Wildman–Crippen LogP) is 8.53. The zero-order valence-corrected chi connectivity index (χ0v) is 22.1. The van der Waals surface area contributed by atoms with E-state index in [4.69, 9.17) is 4.98 Å². The highest BCUT2D eigenvalue weighted by atomic mass is 15.2. The molecule has 1 saturated heterocycles. The van der Waals surface area contributed by atoms with Gasteiger partial charge in [0, 0.05) is 18.7 Å². The molecule has 0 spiro atoms. The minimum atomic E-state index is 0.238. The van der Waals surface area contributed by atoms with Crippen molar-refractivity contribution in [3.05, 3.63) is 47.5 Å². The van der Waals surface area contributed by atoms with Crippen LogP contribution in [0.2, 0.25) is 0 Å². The monoisotopic (exact) mass is 446 g/mol. The first-order chi connectivity index (χ1) is 15.7. The maximum absolute atomic E-state index is 5.05. The van der Waals surface area contributed by atoms with Crippen molar-refractivity contribution in [3.63, 3.8) is 0 Å². The Kier molecular flexibility index (Phi) is 7.22. The molecule has 5 rings (SSSR count). The number of benzene rings is 1. The topological polar surface area (TPSA) is 16.1 Å². The Balaban J connectivity index is 0.000000376. The molecule has 33 heavy (non-hydrogen) atoms. The van der Waals surface area contributed by atoms with E-state index >= 15 is 0 Å². The van der Waals surface area contributed by atoms with Crippen molar-refractivity contribution < 1.29 is 0 Å². The molecule has 0 bridgehead atoms. The number of piperidine rings is 1. The second-order valence-corrected chi connectivity index (χ2v) is 12.5. The molecule has 0 atom stereocenters. The van der Waals surface area contributed by atoms with Crippen LogP contribution in [0.4, 0.5) is 5.82 Å². The van der Waals surface area contributed by atoms with Gasteiger partial charge >= 0.3 is 0 Å². The number of rotatable bonds is 2. The quantitative estimate of drug-likeness (QED) is 0.459. The number of fused-ring (bicyclic) bond motifs is 1. The fourth-order valence-electron chi connectivity index (χ4n) is 5.88. The molecule has 180 valence electrons. The van der Waals surface area contributed by atoms with Gasteiger partial charge in [-0.2, -0.15) is 0 Å². The summed E-state index contributed by atoms with van der Waals surface area (Å²) in [6.07, 6.45) is 11.0. The molecule has 2 aliphatic carbocycles. The fraction of sp³-hybridized carbons (Fsp3) is 0.645. The molecule has 0 N–H and O–H groups in total. The van der Waals surface area contributed by atoms with Crippen LogP contribution in [0.25, 0.3) is 11.3 Å². The van der Waals surface area contributed by atoms with Gasteiger partial charge in [0.25, 0.3) is 0 Å². The lowest BCUT2D eigenvalue weighted by Gasteiger charge is -2.42. The van der Waals surface area contributed by atoms with Crippen molar-refractivity contribution in [2.24, 2.45) is 11.8 Å². The zero-order valence-electron chi connectivity index (χ0n) is 22.1. The van der Waals surface area contributed by atoms with Crippen molar-refractivity contribution >= 4 is 5.82 Å². The van der Waals surface area contributed by atoms with Crippen LogP contribution >= 0.6 is 0 Å². The van der Waals surface area contributed by atoms with E-state index in [-0.39, 0.29) is 10.8 Å². The van der Waals surface area contributed by atoms with Gasteiger partial charge in [-0.1, -0.05) is 85.4 Å². The molecular formula is C31H46N2. The fourth-order valence-corrected chi connectivity index (χ4v) is 5.88. The van der Waals surface area contributed by atoms with Crippen LogP contribution in [0.1, 0.15) is 104 Å². The zero-order chi connectivity index (χ0) is 23.6. The Morgan fingerprint density at radius 1 is 0.758 bits per heavy atom. The van der Waals surface area contributed by atoms with Crippen LogP contribution < -0.4 is 4.90 Å². The second kappa shape index (κ2) is 9.80. The Bertz CT molecular complexity index is 928. The number of anilines is 1. The number of aromatic nitrogens is 1. The first-order valence-electron chi connectivity index (χ1n) is 13.5. The van der Waals surface area contributed by atoms with E-state index in [1.165, 1.54) is 68.1 Å². The van der Waals surface area contributed by atoms with Gasteiger partial charge in [-0.15, -0.1) is 0 Å². The molecule has 1 aliphatic heterocycles. The normalized spacial score (nSPS) is 22.4. The summed E-state index contributed by atoms with van der Waals surface area (Å²) in [7, 11) is 0. The SMILES string of the molecule is CC1CCCC1.CC1CCN(c2cccc(-c3ccc4c(c3)C(C)(C)CCC4(C)C)n2)CC1. The van der Waals surface area contributed by atoms with Gasteiger partial charge in [-0.05, 0) is 77.7 Å². The Morgan fingerprint density at radius 3 is 1.97 bits per heavy atom. The van der Waals surface area contributed by atoms with Crippen LogP contribution in [0, 0.1) is 11.8 Å². The van der Waals surface area contributed by atoms with Crippen molar-refractivity contribution in [2.45, 2.75) is 104 Å². The lowest BCUT2D eigenvalue weighted by atomic mass is 9.63. The van der Waals surface area contributed by atoms with E-state index in [1.54, 1.807) is 0 Å². The van der Waals surface area contributed by atoms with E-state index < -0.39 is 0 Å². The van der Waals surface area contributed by atoms with Gasteiger partial charge in [-0.25, -0.2) is 4.98 Å². The molecule has 0 unspecified atom stereocenters. The summed E-state index contributed by atoms with van der Waals surface area (Å²) >= 11 is 0. The van der Waals surface area contributed by atoms with Gasteiger partial charge in [-0.3, -0.25) is 0 Å². The third kappa shape index (κ3) is 5.64. The predicted molar refractivity (Wildman–Crippen MR) is 143 cm³/mol. The Labute approximate surface area is 203 Å². The molecule has 2 heterocycles. The molecule has 0 amide bonds. The summed E-state index contributed by atoms with van der Waals surface area (Å²) in [5, 5.41) is 0. The number of hydrogen-bond donors (Lipinski definition) is 0. The van der Waals surface area contributed by atoms with Gasteiger partial charge in [0.15, 0.2) is 0 Å². The van der Waals surface area contributed by atoms with Crippen molar-refractivity contribution in [3.8, 4) is 11.3 Å². The number of nitrogens with zero attached hydrogens (tertiary/aromatic N) is 2. The largest absolute Gasteiger partial charge is 0.357 e. The molecule has 0 radical (unpaired) electrons. The molecule has 2 nitrogen and oxygen atoms in total.